The number of hydrogen-bond acceptors (Lipinski definition) is 6. The Balaban J connectivity index is 2.01. The zero-order valence-corrected chi connectivity index (χ0v) is 20.0. The summed E-state index contributed by atoms with van der Waals surface area (Å²) in [5.74, 6) is 6.44. The van der Waals surface area contributed by atoms with E-state index in [0.29, 0.717) is 17.9 Å². The number of nitrogens with one attached hydrogen (secondary N) is 1. The number of carbonyl (C=O) groups excluding carboxylic acids is 2. The molecule has 0 aliphatic heterocycles. The van der Waals surface area contributed by atoms with E-state index in [1.807, 2.05) is 0 Å². The first-order chi connectivity index (χ1) is 15.0. The molecule has 0 aromatic carbocycles. The first-order valence-corrected chi connectivity index (χ1v) is 10.9. The van der Waals surface area contributed by atoms with Gasteiger partial charge in [-0.2, -0.15) is 4.98 Å². The van der Waals surface area contributed by atoms with E-state index in [1.54, 1.807) is 20.8 Å². The Morgan fingerprint density at radius 1 is 1.41 bits per heavy atom. The average Bonchev–Trinajstić information content (AvgIpc) is 2.72. The maximum Gasteiger partial charge on any atom is 0.410 e. The lowest BCUT2D eigenvalue weighted by atomic mass is 9.86. The van der Waals surface area contributed by atoms with Gasteiger partial charge in [0.25, 0.3) is 0 Å². The van der Waals surface area contributed by atoms with E-state index < -0.39 is 17.7 Å². The molecule has 1 aliphatic carbocycles. The molecule has 0 bridgehead atoms. The fourth-order valence-electron chi connectivity index (χ4n) is 3.39. The molecule has 32 heavy (non-hydrogen) atoms. The number of carbonyl (C=O) groups is 2. The van der Waals surface area contributed by atoms with Gasteiger partial charge in [-0.15, -0.1) is 6.58 Å². The Bertz CT molecular complexity index is 903. The molecule has 0 radical (unpaired) electrons. The largest absolute Gasteiger partial charge is 0.480 e. The maximum absolute atomic E-state index is 12.8. The van der Waals surface area contributed by atoms with Crippen LogP contribution in [0.5, 0.6) is 5.88 Å². The van der Waals surface area contributed by atoms with Crippen LogP contribution in [0.15, 0.2) is 18.9 Å². The zero-order chi connectivity index (χ0) is 23.9. The van der Waals surface area contributed by atoms with Crippen molar-refractivity contribution in [1.29, 1.82) is 0 Å². The van der Waals surface area contributed by atoms with Crippen LogP contribution in [0.2, 0.25) is 5.28 Å². The Morgan fingerprint density at radius 2 is 2.12 bits per heavy atom. The number of hydrogen-bond donors (Lipinski definition) is 1. The summed E-state index contributed by atoms with van der Waals surface area (Å²) in [5.41, 5.74) is -0.0885. The number of aromatic nitrogens is 2. The highest BCUT2D eigenvalue weighted by Crippen LogP contribution is 2.25. The highest BCUT2D eigenvalue weighted by atomic mass is 35.5. The van der Waals surface area contributed by atoms with Crippen molar-refractivity contribution in [1.82, 2.24) is 20.2 Å². The molecule has 1 heterocycles. The molecule has 2 amide bonds. The van der Waals surface area contributed by atoms with Gasteiger partial charge in [-0.3, -0.25) is 9.69 Å². The Hall–Kier alpha value is -2.79. The van der Waals surface area contributed by atoms with Crippen molar-refractivity contribution < 1.29 is 19.1 Å². The van der Waals surface area contributed by atoms with Gasteiger partial charge >= 0.3 is 6.09 Å². The Labute approximate surface area is 194 Å². The number of likely N-dealkylation sites (N-methyl/N-ethyl adjacent to an activating group) is 1. The summed E-state index contributed by atoms with van der Waals surface area (Å²) in [6, 6.07) is -0.875. The number of rotatable bonds is 5. The molecular weight excluding hydrogens is 432 g/mol. The summed E-state index contributed by atoms with van der Waals surface area (Å²) in [5, 5.41) is 3.13. The van der Waals surface area contributed by atoms with E-state index in [4.69, 9.17) is 21.1 Å². The van der Waals surface area contributed by atoms with Crippen molar-refractivity contribution in [2.45, 2.75) is 64.1 Å². The second-order valence-electron chi connectivity index (χ2n) is 8.67. The van der Waals surface area contributed by atoms with Gasteiger partial charge in [0.15, 0.2) is 0 Å². The minimum atomic E-state index is -0.827. The lowest BCUT2D eigenvalue weighted by Crippen LogP contribution is -2.51. The van der Waals surface area contributed by atoms with E-state index in [2.05, 4.69) is 33.7 Å². The topological polar surface area (TPSA) is 93.6 Å². The van der Waals surface area contributed by atoms with Crippen molar-refractivity contribution >= 4 is 23.6 Å². The molecule has 1 fully saturated rings. The van der Waals surface area contributed by atoms with Crippen molar-refractivity contribution in [3.05, 3.63) is 29.7 Å². The maximum atomic E-state index is 12.8. The van der Waals surface area contributed by atoms with E-state index in [-0.39, 0.29) is 23.2 Å². The molecule has 0 saturated heterocycles. The summed E-state index contributed by atoms with van der Waals surface area (Å²) in [6.45, 7) is 9.03. The van der Waals surface area contributed by atoms with Crippen LogP contribution in [0, 0.1) is 17.8 Å². The molecule has 2 rings (SSSR count). The second kappa shape index (κ2) is 11.2. The molecule has 1 saturated carbocycles. The number of nitrogens with zero attached hydrogens (tertiary/aromatic N) is 3. The molecule has 0 spiro atoms. The van der Waals surface area contributed by atoms with E-state index in [9.17, 15) is 9.59 Å². The summed E-state index contributed by atoms with van der Waals surface area (Å²) in [6.07, 6.45) is 5.80. The highest BCUT2D eigenvalue weighted by molar-refractivity contribution is 6.28. The Kier molecular flexibility index (Phi) is 8.90. The highest BCUT2D eigenvalue weighted by Gasteiger charge is 2.30. The van der Waals surface area contributed by atoms with Gasteiger partial charge < -0.3 is 14.8 Å². The minimum Gasteiger partial charge on any atom is -0.480 e. The first kappa shape index (κ1) is 25.5. The van der Waals surface area contributed by atoms with Crippen LogP contribution < -0.4 is 10.1 Å². The molecule has 8 nitrogen and oxygen atoms in total. The Morgan fingerprint density at radius 3 is 2.75 bits per heavy atom. The van der Waals surface area contributed by atoms with E-state index >= 15 is 0 Å². The third-order valence-electron chi connectivity index (χ3n) is 4.94. The predicted octanol–water partition coefficient (Wildman–Crippen LogP) is 3.59. The summed E-state index contributed by atoms with van der Waals surface area (Å²) in [4.78, 5) is 34.4. The number of ether oxygens (including phenoxy) is 2. The fraction of sp³-hybridized carbons (Fsp3) is 0.565. The molecule has 0 unspecified atom stereocenters. The summed E-state index contributed by atoms with van der Waals surface area (Å²) in [7, 11) is 3.02. The van der Waals surface area contributed by atoms with Crippen LogP contribution in [-0.2, 0) is 9.53 Å². The molecule has 1 aromatic heterocycles. The lowest BCUT2D eigenvalue weighted by Gasteiger charge is -2.31. The van der Waals surface area contributed by atoms with Crippen molar-refractivity contribution in [2.75, 3.05) is 14.2 Å². The monoisotopic (exact) mass is 462 g/mol. The van der Waals surface area contributed by atoms with Gasteiger partial charge in [-0.05, 0) is 51.6 Å². The van der Waals surface area contributed by atoms with Crippen LogP contribution in [0.4, 0.5) is 4.79 Å². The van der Waals surface area contributed by atoms with Crippen LogP contribution in [0.25, 0.3) is 0 Å². The third kappa shape index (κ3) is 7.41. The van der Waals surface area contributed by atoms with Crippen molar-refractivity contribution in [3.8, 4) is 17.7 Å². The number of methoxy groups -OCH3 is 1. The number of halogens is 1. The van der Waals surface area contributed by atoms with Crippen molar-refractivity contribution in [2.24, 2.45) is 5.92 Å². The standard InChI is InChI=1S/C23H31ClN4O4/c1-7-18(28(5)22(30)32-23(2,3)4)19(29)26-17-10-8-9-15(13-17)11-12-16-14-25-21(24)27-20(16)31-6/h7,14-15,17-18H,1,8-10,13H2,2-6H3,(H,26,29)/t15-,17-,18-/m0/s1. The molecule has 9 heteroatoms. The first-order valence-electron chi connectivity index (χ1n) is 10.5. The second-order valence-corrected chi connectivity index (χ2v) is 9.01. The fourth-order valence-corrected chi connectivity index (χ4v) is 3.52. The molecule has 3 atom stereocenters. The van der Waals surface area contributed by atoms with Gasteiger partial charge in [0.1, 0.15) is 17.2 Å². The molecule has 1 aromatic rings. The predicted molar refractivity (Wildman–Crippen MR) is 122 cm³/mol. The molecule has 1 aliphatic rings. The van der Waals surface area contributed by atoms with E-state index in [1.165, 1.54) is 31.3 Å². The van der Waals surface area contributed by atoms with Crippen LogP contribution >= 0.6 is 11.6 Å². The van der Waals surface area contributed by atoms with Crippen LogP contribution in [-0.4, -0.2) is 58.7 Å². The molecule has 1 N–H and O–H groups in total. The van der Waals surface area contributed by atoms with Gasteiger partial charge in [0.05, 0.1) is 13.3 Å². The third-order valence-corrected chi connectivity index (χ3v) is 5.12. The zero-order valence-electron chi connectivity index (χ0n) is 19.3. The van der Waals surface area contributed by atoms with Gasteiger partial charge in [0, 0.05) is 19.0 Å². The quantitative estimate of drug-likeness (QED) is 0.408. The average molecular weight is 463 g/mol. The van der Waals surface area contributed by atoms with Crippen LogP contribution in [0.1, 0.15) is 52.0 Å². The van der Waals surface area contributed by atoms with Gasteiger partial charge in [-0.25, -0.2) is 9.78 Å². The summed E-state index contributed by atoms with van der Waals surface area (Å²) < 4.78 is 10.6. The van der Waals surface area contributed by atoms with Gasteiger partial charge in [-0.1, -0.05) is 24.3 Å². The normalized spacial score (nSPS) is 19.1. The SMILES string of the molecule is C=C[C@@H](C(=O)N[C@H]1CCC[C@@H](C#Cc2cnc(Cl)nc2OC)C1)N(C)C(=O)OC(C)(C)C. The number of amides is 2. The molecular formula is C23H31ClN4O4. The van der Waals surface area contributed by atoms with Gasteiger partial charge in [0.2, 0.25) is 17.1 Å². The summed E-state index contributed by atoms with van der Waals surface area (Å²) >= 11 is 5.79. The van der Waals surface area contributed by atoms with E-state index in [0.717, 1.165) is 19.3 Å². The van der Waals surface area contributed by atoms with Crippen molar-refractivity contribution in [3.63, 3.8) is 0 Å². The smallest absolute Gasteiger partial charge is 0.410 e. The van der Waals surface area contributed by atoms with Crippen LogP contribution in [0.3, 0.4) is 0 Å². The lowest BCUT2D eigenvalue weighted by molar-refractivity contribution is -0.125. The molecule has 174 valence electrons. The minimum absolute atomic E-state index is 0.0478.